The Labute approximate surface area is 128 Å². The number of nitrogens with zero attached hydrogens (tertiary/aromatic N) is 1. The number of carbonyl (C=O) groups is 2. The largest absolute Gasteiger partial charge is 0.379 e. The van der Waals surface area contributed by atoms with E-state index in [0.29, 0.717) is 38.5 Å². The molecule has 0 aromatic carbocycles. The molecule has 1 saturated heterocycles. The van der Waals surface area contributed by atoms with E-state index in [1.54, 1.807) is 11.8 Å². The first-order valence-electron chi connectivity index (χ1n) is 7.93. The summed E-state index contributed by atoms with van der Waals surface area (Å²) in [6, 6.07) is 0. The average Bonchev–Trinajstić information content (AvgIpc) is 2.44. The first-order valence-corrected chi connectivity index (χ1v) is 7.93. The van der Waals surface area contributed by atoms with Crippen molar-refractivity contribution < 1.29 is 14.3 Å². The first-order chi connectivity index (χ1) is 9.71. The Kier molecular flexibility index (Phi) is 5.79. The molecule has 0 aromatic rings. The average molecular weight is 298 g/mol. The maximum absolute atomic E-state index is 12.8. The van der Waals surface area contributed by atoms with Gasteiger partial charge in [-0.2, -0.15) is 0 Å². The van der Waals surface area contributed by atoms with Crippen molar-refractivity contribution in [2.45, 2.75) is 65.5 Å². The zero-order valence-electron chi connectivity index (χ0n) is 14.3. The summed E-state index contributed by atoms with van der Waals surface area (Å²) >= 11 is 0. The molecule has 0 saturated carbocycles. The Balaban J connectivity index is 2.86. The lowest BCUT2D eigenvalue weighted by atomic mass is 9.84. The Morgan fingerprint density at radius 2 is 1.81 bits per heavy atom. The Bertz CT molecular complexity index is 397. The molecule has 1 rings (SSSR count). The van der Waals surface area contributed by atoms with Crippen LogP contribution in [0.4, 0.5) is 0 Å². The summed E-state index contributed by atoms with van der Waals surface area (Å²) < 4.78 is 5.60. The third-order valence-corrected chi connectivity index (χ3v) is 4.50. The van der Waals surface area contributed by atoms with Crippen LogP contribution in [-0.2, 0) is 14.3 Å². The molecule has 21 heavy (non-hydrogen) atoms. The van der Waals surface area contributed by atoms with Gasteiger partial charge in [-0.1, -0.05) is 27.7 Å². The van der Waals surface area contributed by atoms with Gasteiger partial charge in [-0.3, -0.25) is 9.59 Å². The lowest BCUT2D eigenvalue weighted by Gasteiger charge is -2.49. The normalized spacial score (nSPS) is 30.0. The molecule has 0 bridgehead atoms. The van der Waals surface area contributed by atoms with E-state index < -0.39 is 11.1 Å². The van der Waals surface area contributed by atoms with Crippen LogP contribution in [-0.4, -0.2) is 47.6 Å². The third kappa shape index (κ3) is 3.57. The van der Waals surface area contributed by atoms with Gasteiger partial charge >= 0.3 is 0 Å². The zero-order chi connectivity index (χ0) is 16.3. The molecule has 5 heteroatoms. The smallest absolute Gasteiger partial charge is 0.248 e. The van der Waals surface area contributed by atoms with Crippen molar-refractivity contribution in [3.05, 3.63) is 0 Å². The van der Waals surface area contributed by atoms with Gasteiger partial charge in [0.1, 0.15) is 11.1 Å². The Hall–Kier alpha value is -1.10. The molecular formula is C16H30N2O3. The summed E-state index contributed by atoms with van der Waals surface area (Å²) in [5, 5.41) is 2.90. The fourth-order valence-electron chi connectivity index (χ4n) is 2.50. The lowest BCUT2D eigenvalue weighted by Crippen LogP contribution is -2.74. The van der Waals surface area contributed by atoms with Crippen LogP contribution in [0.1, 0.15) is 54.4 Å². The van der Waals surface area contributed by atoms with Crippen molar-refractivity contribution in [2.75, 3.05) is 19.8 Å². The van der Waals surface area contributed by atoms with E-state index in [2.05, 4.69) is 19.2 Å². The predicted octanol–water partition coefficient (Wildman–Crippen LogP) is 1.95. The predicted molar refractivity (Wildman–Crippen MR) is 82.9 cm³/mol. The zero-order valence-corrected chi connectivity index (χ0v) is 14.3. The van der Waals surface area contributed by atoms with Crippen LogP contribution in [0.3, 0.4) is 0 Å². The second-order valence-corrected chi connectivity index (χ2v) is 6.69. The van der Waals surface area contributed by atoms with Gasteiger partial charge in [-0.05, 0) is 32.6 Å². The standard InChI is InChI=1S/C16H30N2O3/c1-7-15(5)14(20)18(9-10-21-11-12(3)4)16(6,8-2)13(19)17-15/h12H,7-11H2,1-6H3,(H,17,19). The number of amides is 2. The molecule has 1 N–H and O–H groups in total. The molecule has 122 valence electrons. The number of carbonyl (C=O) groups excluding carboxylic acids is 2. The maximum Gasteiger partial charge on any atom is 0.248 e. The van der Waals surface area contributed by atoms with Gasteiger partial charge in [0, 0.05) is 13.2 Å². The quantitative estimate of drug-likeness (QED) is 0.731. The molecule has 0 aliphatic carbocycles. The molecule has 2 unspecified atom stereocenters. The van der Waals surface area contributed by atoms with Crippen molar-refractivity contribution in [3.63, 3.8) is 0 Å². The van der Waals surface area contributed by atoms with Crippen molar-refractivity contribution >= 4 is 11.8 Å². The monoisotopic (exact) mass is 298 g/mol. The fourth-order valence-corrected chi connectivity index (χ4v) is 2.50. The minimum Gasteiger partial charge on any atom is -0.379 e. The van der Waals surface area contributed by atoms with Crippen LogP contribution in [0, 0.1) is 5.92 Å². The highest BCUT2D eigenvalue weighted by atomic mass is 16.5. The van der Waals surface area contributed by atoms with E-state index in [-0.39, 0.29) is 11.8 Å². The van der Waals surface area contributed by atoms with Crippen molar-refractivity contribution in [1.82, 2.24) is 10.2 Å². The van der Waals surface area contributed by atoms with Gasteiger partial charge in [0.15, 0.2) is 0 Å². The molecule has 1 heterocycles. The van der Waals surface area contributed by atoms with E-state index in [4.69, 9.17) is 4.74 Å². The molecule has 5 nitrogen and oxygen atoms in total. The van der Waals surface area contributed by atoms with Crippen LogP contribution in [0.5, 0.6) is 0 Å². The molecule has 1 aliphatic heterocycles. The second kappa shape index (κ2) is 6.77. The summed E-state index contributed by atoms with van der Waals surface area (Å²) in [4.78, 5) is 27.0. The van der Waals surface area contributed by atoms with E-state index in [9.17, 15) is 9.59 Å². The van der Waals surface area contributed by atoms with Crippen LogP contribution >= 0.6 is 0 Å². The van der Waals surface area contributed by atoms with E-state index in [1.807, 2.05) is 20.8 Å². The summed E-state index contributed by atoms with van der Waals surface area (Å²) in [7, 11) is 0. The summed E-state index contributed by atoms with van der Waals surface area (Å²) in [6.07, 6.45) is 1.18. The third-order valence-electron chi connectivity index (χ3n) is 4.50. The Morgan fingerprint density at radius 3 is 2.29 bits per heavy atom. The van der Waals surface area contributed by atoms with Gasteiger partial charge in [0.2, 0.25) is 11.8 Å². The molecule has 0 spiro atoms. The number of hydrogen-bond acceptors (Lipinski definition) is 3. The van der Waals surface area contributed by atoms with Crippen molar-refractivity contribution in [2.24, 2.45) is 5.92 Å². The molecule has 2 atom stereocenters. The highest BCUT2D eigenvalue weighted by Crippen LogP contribution is 2.30. The first kappa shape index (κ1) is 18.0. The SMILES string of the molecule is CCC1(C)NC(=O)C(C)(CC)N(CCOCC(C)C)C1=O. The number of nitrogens with one attached hydrogen (secondary N) is 1. The fraction of sp³-hybridized carbons (Fsp3) is 0.875. The van der Waals surface area contributed by atoms with E-state index >= 15 is 0 Å². The minimum absolute atomic E-state index is 0.0119. The van der Waals surface area contributed by atoms with Crippen LogP contribution in [0.15, 0.2) is 0 Å². The lowest BCUT2D eigenvalue weighted by molar-refractivity contribution is -0.163. The van der Waals surface area contributed by atoms with E-state index in [1.165, 1.54) is 0 Å². The molecule has 1 aliphatic rings. The van der Waals surface area contributed by atoms with Gasteiger partial charge in [-0.25, -0.2) is 0 Å². The highest BCUT2D eigenvalue weighted by molar-refractivity contribution is 6.01. The summed E-state index contributed by atoms with van der Waals surface area (Å²) in [5.41, 5.74) is -1.59. The molecule has 2 amide bonds. The van der Waals surface area contributed by atoms with Crippen molar-refractivity contribution in [3.8, 4) is 0 Å². The number of ether oxygens (including phenoxy) is 1. The van der Waals surface area contributed by atoms with Crippen LogP contribution in [0.25, 0.3) is 0 Å². The molecule has 1 fully saturated rings. The second-order valence-electron chi connectivity index (χ2n) is 6.69. The highest BCUT2D eigenvalue weighted by Gasteiger charge is 2.52. The van der Waals surface area contributed by atoms with Gasteiger partial charge in [-0.15, -0.1) is 0 Å². The Morgan fingerprint density at radius 1 is 1.19 bits per heavy atom. The van der Waals surface area contributed by atoms with Crippen molar-refractivity contribution in [1.29, 1.82) is 0 Å². The molecule has 0 aromatic heterocycles. The summed E-state index contributed by atoms with van der Waals surface area (Å²) in [5.74, 6) is 0.378. The number of hydrogen-bond donors (Lipinski definition) is 1. The topological polar surface area (TPSA) is 58.6 Å². The van der Waals surface area contributed by atoms with Crippen LogP contribution < -0.4 is 5.32 Å². The van der Waals surface area contributed by atoms with Gasteiger partial charge in [0.05, 0.1) is 6.61 Å². The van der Waals surface area contributed by atoms with Gasteiger partial charge < -0.3 is 15.0 Å². The maximum atomic E-state index is 12.8. The molecule has 0 radical (unpaired) electrons. The number of piperazine rings is 1. The van der Waals surface area contributed by atoms with Gasteiger partial charge in [0.25, 0.3) is 0 Å². The summed E-state index contributed by atoms with van der Waals surface area (Å²) in [6.45, 7) is 13.2. The molecular weight excluding hydrogens is 268 g/mol. The van der Waals surface area contributed by atoms with Crippen LogP contribution in [0.2, 0.25) is 0 Å². The number of rotatable bonds is 7. The minimum atomic E-state index is -0.802. The van der Waals surface area contributed by atoms with E-state index in [0.717, 1.165) is 0 Å².